The van der Waals surface area contributed by atoms with Crippen molar-refractivity contribution in [2.45, 2.75) is 0 Å². The monoisotopic (exact) mass is 186 g/mol. The average molecular weight is 187 g/mol. The highest BCUT2D eigenvalue weighted by Crippen LogP contribution is 2.16. The summed E-state index contributed by atoms with van der Waals surface area (Å²) >= 11 is 5.48. The predicted molar refractivity (Wildman–Crippen MR) is 41.8 cm³/mol. The Morgan fingerprint density at radius 3 is 2.67 bits per heavy atom. The maximum atomic E-state index is 12.4. The van der Waals surface area contributed by atoms with E-state index < -0.39 is 11.6 Å². The Kier molecular flexibility index (Phi) is 2.55. The molecule has 12 heavy (non-hydrogen) atoms. The summed E-state index contributed by atoms with van der Waals surface area (Å²) in [7, 11) is 0. The van der Waals surface area contributed by atoms with Gasteiger partial charge in [-0.2, -0.15) is 0 Å². The molecule has 0 heterocycles. The molecule has 0 bridgehead atoms. The van der Waals surface area contributed by atoms with Gasteiger partial charge in [0.05, 0.1) is 5.02 Å². The average Bonchev–Trinajstić information content (AvgIpc) is 2.03. The quantitative estimate of drug-likeness (QED) is 0.401. The fourth-order valence-electron chi connectivity index (χ4n) is 0.753. The van der Waals surface area contributed by atoms with Gasteiger partial charge in [0.15, 0.2) is 6.29 Å². The number of carbonyl (C=O) groups is 2. The van der Waals surface area contributed by atoms with Crippen LogP contribution in [0.1, 0.15) is 10.4 Å². The first-order chi connectivity index (χ1) is 5.65. The molecule has 0 saturated carbocycles. The van der Waals surface area contributed by atoms with Gasteiger partial charge in [-0.25, -0.2) is 4.39 Å². The zero-order chi connectivity index (χ0) is 9.14. The lowest BCUT2D eigenvalue weighted by Gasteiger charge is -1.96. The van der Waals surface area contributed by atoms with E-state index in [2.05, 4.69) is 0 Å². The Labute approximate surface area is 73.0 Å². The van der Waals surface area contributed by atoms with Crippen LogP contribution in [0, 0.1) is 5.82 Å². The Morgan fingerprint density at radius 2 is 2.17 bits per heavy atom. The van der Waals surface area contributed by atoms with Crippen LogP contribution in [0.2, 0.25) is 5.02 Å². The number of hydrogen-bond donors (Lipinski definition) is 0. The Hall–Kier alpha value is -1.22. The molecule has 0 aliphatic heterocycles. The van der Waals surface area contributed by atoms with Crippen molar-refractivity contribution in [2.24, 2.45) is 0 Å². The van der Waals surface area contributed by atoms with Gasteiger partial charge < -0.3 is 0 Å². The van der Waals surface area contributed by atoms with E-state index in [1.54, 1.807) is 0 Å². The molecule has 0 radical (unpaired) electrons. The minimum Gasteiger partial charge on any atom is -0.294 e. The zero-order valence-electron chi connectivity index (χ0n) is 5.88. The molecule has 1 aromatic carbocycles. The molecule has 62 valence electrons. The number of rotatable bonds is 2. The van der Waals surface area contributed by atoms with Crippen molar-refractivity contribution in [1.82, 2.24) is 0 Å². The summed E-state index contributed by atoms with van der Waals surface area (Å²) in [5, 5.41) is -0.0490. The van der Waals surface area contributed by atoms with E-state index in [1.807, 2.05) is 0 Å². The van der Waals surface area contributed by atoms with Crippen LogP contribution in [0.25, 0.3) is 0 Å². The molecule has 0 atom stereocenters. The number of ketones is 1. The van der Waals surface area contributed by atoms with Gasteiger partial charge in [-0.05, 0) is 18.2 Å². The standard InChI is InChI=1S/C8H4ClFO2/c9-7-3-5(10)1-2-6(7)8(12)4-11/h1-4H. The normalized spacial score (nSPS) is 9.50. The van der Waals surface area contributed by atoms with Crippen molar-refractivity contribution in [3.63, 3.8) is 0 Å². The third kappa shape index (κ3) is 1.68. The molecule has 0 aliphatic rings. The number of halogens is 2. The van der Waals surface area contributed by atoms with E-state index in [1.165, 1.54) is 6.07 Å². The van der Waals surface area contributed by atoms with Gasteiger partial charge in [-0.1, -0.05) is 11.6 Å². The molecule has 0 unspecified atom stereocenters. The Bertz CT molecular complexity index is 336. The molecule has 0 fully saturated rings. The summed E-state index contributed by atoms with van der Waals surface area (Å²) in [6, 6.07) is 3.23. The molecular formula is C8H4ClFO2. The van der Waals surface area contributed by atoms with Crippen LogP contribution in [-0.2, 0) is 4.79 Å². The largest absolute Gasteiger partial charge is 0.294 e. The Morgan fingerprint density at radius 1 is 1.50 bits per heavy atom. The zero-order valence-corrected chi connectivity index (χ0v) is 6.64. The molecule has 0 aromatic heterocycles. The van der Waals surface area contributed by atoms with E-state index in [0.29, 0.717) is 0 Å². The molecule has 1 aromatic rings. The van der Waals surface area contributed by atoms with Crippen molar-refractivity contribution in [3.8, 4) is 0 Å². The lowest BCUT2D eigenvalue weighted by Crippen LogP contribution is -2.00. The van der Waals surface area contributed by atoms with Gasteiger partial charge in [0.2, 0.25) is 5.78 Å². The highest BCUT2D eigenvalue weighted by Gasteiger charge is 2.08. The highest BCUT2D eigenvalue weighted by atomic mass is 35.5. The first kappa shape index (κ1) is 8.87. The molecule has 1 rings (SSSR count). The van der Waals surface area contributed by atoms with Gasteiger partial charge in [0.1, 0.15) is 5.82 Å². The summed E-state index contributed by atoms with van der Waals surface area (Å²) in [5.41, 5.74) is 0.0214. The Balaban J connectivity index is 3.18. The van der Waals surface area contributed by atoms with Crippen molar-refractivity contribution >= 4 is 23.7 Å². The number of Topliss-reactive ketones (excluding diaryl/α,β-unsaturated/α-hetero) is 1. The number of hydrogen-bond acceptors (Lipinski definition) is 2. The third-order valence-electron chi connectivity index (χ3n) is 1.30. The summed E-state index contributed by atoms with van der Waals surface area (Å²) in [6.45, 7) is 0. The molecule has 0 saturated heterocycles. The third-order valence-corrected chi connectivity index (χ3v) is 1.62. The lowest BCUT2D eigenvalue weighted by atomic mass is 10.1. The first-order valence-corrected chi connectivity index (χ1v) is 3.47. The van der Waals surface area contributed by atoms with Crippen LogP contribution in [-0.4, -0.2) is 12.1 Å². The fraction of sp³-hybridized carbons (Fsp3) is 0. The summed E-state index contributed by atoms with van der Waals surface area (Å²) in [6.07, 6.45) is 0.138. The predicted octanol–water partition coefficient (Wildman–Crippen LogP) is 1.86. The summed E-state index contributed by atoms with van der Waals surface area (Å²) < 4.78 is 12.4. The van der Waals surface area contributed by atoms with Crippen LogP contribution in [0.3, 0.4) is 0 Å². The molecule has 4 heteroatoms. The first-order valence-electron chi connectivity index (χ1n) is 3.09. The molecule has 0 spiro atoms. The van der Waals surface area contributed by atoms with Gasteiger partial charge in [-0.3, -0.25) is 9.59 Å². The maximum Gasteiger partial charge on any atom is 0.226 e. The van der Waals surface area contributed by atoms with Gasteiger partial charge in [0, 0.05) is 5.56 Å². The molecule has 0 N–H and O–H groups in total. The molecular weight excluding hydrogens is 183 g/mol. The van der Waals surface area contributed by atoms with Crippen molar-refractivity contribution in [2.75, 3.05) is 0 Å². The van der Waals surface area contributed by atoms with Gasteiger partial charge in [-0.15, -0.1) is 0 Å². The number of carbonyl (C=O) groups excluding carboxylic acids is 2. The number of aldehydes is 1. The van der Waals surface area contributed by atoms with Crippen LogP contribution >= 0.6 is 11.6 Å². The van der Waals surface area contributed by atoms with Gasteiger partial charge in [0.25, 0.3) is 0 Å². The SMILES string of the molecule is O=CC(=O)c1ccc(F)cc1Cl. The van der Waals surface area contributed by atoms with E-state index in [9.17, 15) is 14.0 Å². The second-order valence-electron chi connectivity index (χ2n) is 2.11. The molecule has 2 nitrogen and oxygen atoms in total. The van der Waals surface area contributed by atoms with Crippen LogP contribution in [0.5, 0.6) is 0 Å². The van der Waals surface area contributed by atoms with Crippen molar-refractivity contribution in [3.05, 3.63) is 34.6 Å². The lowest BCUT2D eigenvalue weighted by molar-refractivity contribution is -0.104. The second-order valence-corrected chi connectivity index (χ2v) is 2.51. The van der Waals surface area contributed by atoms with Crippen molar-refractivity contribution < 1.29 is 14.0 Å². The van der Waals surface area contributed by atoms with E-state index in [0.717, 1.165) is 12.1 Å². The van der Waals surface area contributed by atoms with Gasteiger partial charge >= 0.3 is 0 Å². The van der Waals surface area contributed by atoms with Crippen LogP contribution in [0.4, 0.5) is 4.39 Å². The van der Waals surface area contributed by atoms with Crippen LogP contribution in [0.15, 0.2) is 18.2 Å². The second kappa shape index (κ2) is 3.45. The van der Waals surface area contributed by atoms with E-state index in [-0.39, 0.29) is 16.9 Å². The number of benzene rings is 1. The smallest absolute Gasteiger partial charge is 0.226 e. The fourth-order valence-corrected chi connectivity index (χ4v) is 1.01. The molecule has 0 amide bonds. The summed E-state index contributed by atoms with van der Waals surface area (Å²) in [5.74, 6) is -1.29. The van der Waals surface area contributed by atoms with E-state index >= 15 is 0 Å². The van der Waals surface area contributed by atoms with Crippen LogP contribution < -0.4 is 0 Å². The highest BCUT2D eigenvalue weighted by molar-refractivity contribution is 6.41. The minimum atomic E-state index is -0.750. The minimum absolute atomic E-state index is 0.0214. The molecule has 0 aliphatic carbocycles. The maximum absolute atomic E-state index is 12.4. The van der Waals surface area contributed by atoms with E-state index in [4.69, 9.17) is 11.6 Å². The topological polar surface area (TPSA) is 34.1 Å². The summed E-state index contributed by atoms with van der Waals surface area (Å²) in [4.78, 5) is 20.8. The van der Waals surface area contributed by atoms with Crippen molar-refractivity contribution in [1.29, 1.82) is 0 Å².